The Balaban J connectivity index is 2.00. The number of benzene rings is 1. The lowest BCUT2D eigenvalue weighted by Gasteiger charge is -2.31. The summed E-state index contributed by atoms with van der Waals surface area (Å²) in [6.45, 7) is 1.55. The highest BCUT2D eigenvalue weighted by molar-refractivity contribution is 5.39. The minimum atomic E-state index is -0.292. The highest BCUT2D eigenvalue weighted by Crippen LogP contribution is 2.43. The maximum absolute atomic E-state index is 13.1. The summed E-state index contributed by atoms with van der Waals surface area (Å²) in [4.78, 5) is 0. The van der Waals surface area contributed by atoms with Gasteiger partial charge in [-0.2, -0.15) is 0 Å². The zero-order chi connectivity index (χ0) is 11.2. The number of hydrogen-bond donors (Lipinski definition) is 1. The number of nitrogens with two attached hydrogens (primary N) is 1. The fraction of sp³-hybridized carbons (Fsp3) is 0.538. The molecular formula is C13H16FNO. The van der Waals surface area contributed by atoms with E-state index in [1.165, 1.54) is 6.07 Å². The average Bonchev–Trinajstić information content (AvgIpc) is 2.87. The highest BCUT2D eigenvalue weighted by atomic mass is 19.1. The normalized spacial score (nSPS) is 33.0. The van der Waals surface area contributed by atoms with Crippen LogP contribution in [0, 0.1) is 11.7 Å². The minimum Gasteiger partial charge on any atom is -0.381 e. The first-order valence-electron chi connectivity index (χ1n) is 5.86. The zero-order valence-corrected chi connectivity index (χ0v) is 9.21. The van der Waals surface area contributed by atoms with Crippen molar-refractivity contribution in [2.75, 3.05) is 13.2 Å². The maximum atomic E-state index is 13.1. The molecule has 2 unspecified atom stereocenters. The summed E-state index contributed by atoms with van der Waals surface area (Å²) in [6, 6.07) is 5.00. The van der Waals surface area contributed by atoms with E-state index in [2.05, 4.69) is 0 Å². The van der Waals surface area contributed by atoms with E-state index in [9.17, 15) is 4.39 Å². The Morgan fingerprint density at radius 3 is 3.06 bits per heavy atom. The van der Waals surface area contributed by atoms with Gasteiger partial charge < -0.3 is 10.5 Å². The van der Waals surface area contributed by atoms with Crippen molar-refractivity contribution < 1.29 is 9.13 Å². The first-order chi connectivity index (χ1) is 7.70. The van der Waals surface area contributed by atoms with Gasteiger partial charge in [-0.25, -0.2) is 4.39 Å². The van der Waals surface area contributed by atoms with Crippen LogP contribution in [0.5, 0.6) is 0 Å². The van der Waals surface area contributed by atoms with Gasteiger partial charge in [-0.3, -0.25) is 0 Å². The van der Waals surface area contributed by atoms with Gasteiger partial charge in [0.2, 0.25) is 0 Å². The van der Waals surface area contributed by atoms with Gasteiger partial charge in [0.25, 0.3) is 0 Å². The van der Waals surface area contributed by atoms with Crippen molar-refractivity contribution in [2.24, 2.45) is 11.7 Å². The van der Waals surface area contributed by atoms with Gasteiger partial charge >= 0.3 is 0 Å². The van der Waals surface area contributed by atoms with Crippen LogP contribution < -0.4 is 5.73 Å². The van der Waals surface area contributed by atoms with Crippen molar-refractivity contribution in [3.63, 3.8) is 0 Å². The van der Waals surface area contributed by atoms with Crippen molar-refractivity contribution in [3.8, 4) is 0 Å². The maximum Gasteiger partial charge on any atom is 0.123 e. The Hall–Kier alpha value is -0.930. The molecule has 2 aliphatic rings. The van der Waals surface area contributed by atoms with Crippen LogP contribution in [-0.2, 0) is 16.7 Å². The first-order valence-corrected chi connectivity index (χ1v) is 5.86. The first kappa shape index (κ1) is 10.2. The molecule has 1 aliphatic carbocycles. The Morgan fingerprint density at radius 2 is 2.31 bits per heavy atom. The van der Waals surface area contributed by atoms with Gasteiger partial charge in [0.1, 0.15) is 5.82 Å². The van der Waals surface area contributed by atoms with Gasteiger partial charge in [0.15, 0.2) is 0 Å². The van der Waals surface area contributed by atoms with Crippen LogP contribution in [0.3, 0.4) is 0 Å². The van der Waals surface area contributed by atoms with Crippen LogP contribution in [0.25, 0.3) is 0 Å². The Labute approximate surface area is 94.6 Å². The van der Waals surface area contributed by atoms with Crippen molar-refractivity contribution in [1.82, 2.24) is 0 Å². The van der Waals surface area contributed by atoms with Gasteiger partial charge in [-0.1, -0.05) is 6.07 Å². The predicted octanol–water partition coefficient (Wildman–Crippen LogP) is 1.96. The lowest BCUT2D eigenvalue weighted by atomic mass is 9.79. The van der Waals surface area contributed by atoms with Crippen molar-refractivity contribution in [1.29, 1.82) is 0 Å². The molecule has 16 heavy (non-hydrogen) atoms. The Kier molecular flexibility index (Phi) is 2.26. The van der Waals surface area contributed by atoms with E-state index in [0.717, 1.165) is 43.6 Å². The van der Waals surface area contributed by atoms with E-state index in [1.54, 1.807) is 6.07 Å². The molecule has 1 fully saturated rings. The molecule has 86 valence electrons. The van der Waals surface area contributed by atoms with Gasteiger partial charge in [-0.15, -0.1) is 0 Å². The summed E-state index contributed by atoms with van der Waals surface area (Å²) >= 11 is 0. The third-order valence-electron chi connectivity index (χ3n) is 4.03. The number of rotatable bonds is 1. The molecule has 0 radical (unpaired) electrons. The van der Waals surface area contributed by atoms with Gasteiger partial charge in [-0.05, 0) is 42.5 Å². The van der Waals surface area contributed by atoms with E-state index in [-0.39, 0.29) is 11.4 Å². The number of hydrogen-bond acceptors (Lipinski definition) is 2. The molecule has 0 amide bonds. The van der Waals surface area contributed by atoms with Crippen LogP contribution in [0.15, 0.2) is 18.2 Å². The van der Waals surface area contributed by atoms with Gasteiger partial charge in [0, 0.05) is 18.1 Å². The van der Waals surface area contributed by atoms with E-state index >= 15 is 0 Å². The molecule has 1 heterocycles. The van der Waals surface area contributed by atoms with Crippen LogP contribution in [-0.4, -0.2) is 13.2 Å². The third-order valence-corrected chi connectivity index (χ3v) is 4.03. The average molecular weight is 221 g/mol. The molecule has 3 rings (SSSR count). The zero-order valence-electron chi connectivity index (χ0n) is 9.21. The van der Waals surface area contributed by atoms with E-state index in [4.69, 9.17) is 10.5 Å². The quantitative estimate of drug-likeness (QED) is 0.786. The smallest absolute Gasteiger partial charge is 0.123 e. The molecule has 2 atom stereocenters. The second kappa shape index (κ2) is 3.54. The van der Waals surface area contributed by atoms with Crippen molar-refractivity contribution in [2.45, 2.75) is 24.8 Å². The molecule has 0 saturated carbocycles. The minimum absolute atomic E-state index is 0.161. The van der Waals surface area contributed by atoms with Gasteiger partial charge in [0.05, 0.1) is 6.61 Å². The van der Waals surface area contributed by atoms with Crippen molar-refractivity contribution in [3.05, 3.63) is 35.1 Å². The third kappa shape index (κ3) is 1.39. The number of fused-ring (bicyclic) bond motifs is 1. The topological polar surface area (TPSA) is 35.2 Å². The Bertz CT molecular complexity index is 414. The molecule has 0 bridgehead atoms. The summed E-state index contributed by atoms with van der Waals surface area (Å²) < 4.78 is 18.5. The number of aryl methyl sites for hydroxylation is 1. The summed E-state index contributed by atoms with van der Waals surface area (Å²) in [5.74, 6) is 0.227. The van der Waals surface area contributed by atoms with Crippen LogP contribution >= 0.6 is 0 Å². The van der Waals surface area contributed by atoms with E-state index in [0.29, 0.717) is 5.92 Å². The fourth-order valence-electron chi connectivity index (χ4n) is 3.06. The second-order valence-corrected chi connectivity index (χ2v) is 4.90. The summed E-state index contributed by atoms with van der Waals surface area (Å²) in [5.41, 5.74) is 8.44. The standard InChI is InChI=1S/C13H16FNO/c14-11-1-2-12-9(7-11)3-5-13(12,15)10-4-6-16-8-10/h1-2,7,10H,3-6,8,15H2. The lowest BCUT2D eigenvalue weighted by Crippen LogP contribution is -2.42. The molecule has 3 heteroatoms. The van der Waals surface area contributed by atoms with Crippen LogP contribution in [0.4, 0.5) is 4.39 Å². The highest BCUT2D eigenvalue weighted by Gasteiger charge is 2.43. The second-order valence-electron chi connectivity index (χ2n) is 4.90. The molecule has 1 aromatic carbocycles. The molecule has 2 N–H and O–H groups in total. The number of halogens is 1. The van der Waals surface area contributed by atoms with Crippen molar-refractivity contribution >= 4 is 0 Å². The molecular weight excluding hydrogens is 205 g/mol. The molecule has 0 spiro atoms. The summed E-state index contributed by atoms with van der Waals surface area (Å²) in [7, 11) is 0. The van der Waals surface area contributed by atoms with Crippen LogP contribution in [0.1, 0.15) is 24.0 Å². The van der Waals surface area contributed by atoms with Crippen LogP contribution in [0.2, 0.25) is 0 Å². The molecule has 1 aromatic rings. The summed E-state index contributed by atoms with van der Waals surface area (Å²) in [6.07, 6.45) is 2.83. The Morgan fingerprint density at radius 1 is 1.44 bits per heavy atom. The van der Waals surface area contributed by atoms with E-state index in [1.807, 2.05) is 6.07 Å². The monoisotopic (exact) mass is 221 g/mol. The summed E-state index contributed by atoms with van der Waals surface area (Å²) in [5, 5.41) is 0. The molecule has 1 aliphatic heterocycles. The number of ether oxygens (including phenoxy) is 1. The molecule has 2 nitrogen and oxygen atoms in total. The van der Waals surface area contributed by atoms with E-state index < -0.39 is 0 Å². The fourth-order valence-corrected chi connectivity index (χ4v) is 3.06. The molecule has 0 aromatic heterocycles. The lowest BCUT2D eigenvalue weighted by molar-refractivity contribution is 0.161. The molecule has 1 saturated heterocycles. The largest absolute Gasteiger partial charge is 0.381 e. The predicted molar refractivity (Wildman–Crippen MR) is 59.5 cm³/mol. The SMILES string of the molecule is NC1(C2CCOC2)CCc2cc(F)ccc21.